The molecule has 6 aromatic rings. The molecule has 1 aliphatic heterocycles. The van der Waals surface area contributed by atoms with E-state index in [9.17, 15) is 34.5 Å². The number of nitrogens with zero attached hydrogens (tertiary/aromatic N) is 2. The van der Waals surface area contributed by atoms with Gasteiger partial charge in [0.1, 0.15) is 42.5 Å². The number of ketones is 1. The number of ether oxygens (including phenoxy) is 4. The van der Waals surface area contributed by atoms with Crippen molar-refractivity contribution in [1.29, 1.82) is 0 Å². The number of amides is 3. The van der Waals surface area contributed by atoms with Crippen molar-refractivity contribution in [2.75, 3.05) is 52.8 Å². The minimum absolute atomic E-state index is 0.0171. The third-order valence-corrected chi connectivity index (χ3v) is 12.8. The number of aromatic nitrogens is 1. The number of hydrogen-bond donors (Lipinski definition) is 5. The molecule has 0 bridgehead atoms. The van der Waals surface area contributed by atoms with Gasteiger partial charge in [0.25, 0.3) is 0 Å². The average Bonchev–Trinajstić information content (AvgIpc) is 4.03. The van der Waals surface area contributed by atoms with Gasteiger partial charge in [0, 0.05) is 45.6 Å². The summed E-state index contributed by atoms with van der Waals surface area (Å²) in [5, 5.41) is 36.4. The van der Waals surface area contributed by atoms with Crippen molar-refractivity contribution < 1.29 is 53.4 Å². The number of nitrogens with one attached hydrogen (secondary N) is 2. The number of aliphatic hydroxyl groups is 1. The molecule has 1 fully saturated rings. The summed E-state index contributed by atoms with van der Waals surface area (Å²) in [5.41, 5.74) is 6.46. The van der Waals surface area contributed by atoms with Crippen molar-refractivity contribution >= 4 is 56.3 Å². The van der Waals surface area contributed by atoms with Gasteiger partial charge in [-0.3, -0.25) is 19.2 Å². The number of hydrogen-bond acceptors (Lipinski definition) is 14. The van der Waals surface area contributed by atoms with Gasteiger partial charge in [-0.05, 0) is 97.3 Å². The number of fused-ring (bicyclic) bond motifs is 1. The molecule has 17 heteroatoms. The van der Waals surface area contributed by atoms with E-state index in [0.29, 0.717) is 30.1 Å². The van der Waals surface area contributed by atoms with Crippen molar-refractivity contribution in [3.05, 3.63) is 119 Å². The van der Waals surface area contributed by atoms with Crippen LogP contribution in [0.5, 0.6) is 17.2 Å². The van der Waals surface area contributed by atoms with Crippen molar-refractivity contribution in [2.45, 2.75) is 45.0 Å². The Bertz CT molecular complexity index is 2580. The second kappa shape index (κ2) is 22.1. The number of phenolic OH excluding ortho intramolecular Hbond substituents is 2. The maximum atomic E-state index is 13.8. The highest BCUT2D eigenvalue weighted by atomic mass is 32.1. The Hall–Kier alpha value is -6.21. The molecule has 1 saturated heterocycles. The molecule has 3 atom stereocenters. The highest BCUT2D eigenvalue weighted by Gasteiger charge is 2.40. The number of rotatable bonds is 21. The molecule has 3 heterocycles. The summed E-state index contributed by atoms with van der Waals surface area (Å²) in [6.45, 7) is 4.93. The quantitative estimate of drug-likeness (QED) is 0.0426. The molecule has 7 rings (SSSR count). The Labute approximate surface area is 383 Å². The SMILES string of the molecule is Cc1ncsc1-c1ccc(CNC(=O)[C@@H]2C[C@@H](O)CN2C(=O)C(C)NC(=O)COCCOCCOCCOc2ccc(C(=O)c3c(-c4ccc(O)cc4)sc4cc(O)ccc34)cc2)cc1. The molecule has 65 heavy (non-hydrogen) atoms. The van der Waals surface area contributed by atoms with Crippen molar-refractivity contribution in [2.24, 2.45) is 0 Å². The molecule has 1 unspecified atom stereocenters. The molecule has 0 saturated carbocycles. The number of phenols is 2. The van der Waals surface area contributed by atoms with Crippen LogP contribution in [0.25, 0.3) is 31.0 Å². The van der Waals surface area contributed by atoms with Gasteiger partial charge < -0.3 is 49.8 Å². The van der Waals surface area contributed by atoms with Crippen LogP contribution in [0, 0.1) is 6.92 Å². The number of aromatic hydroxyl groups is 2. The van der Waals surface area contributed by atoms with E-state index in [2.05, 4.69) is 15.6 Å². The number of carbonyl (C=O) groups excluding carboxylic acids is 4. The highest BCUT2D eigenvalue weighted by molar-refractivity contribution is 7.22. The van der Waals surface area contributed by atoms with Crippen LogP contribution in [-0.4, -0.2) is 120 Å². The standard InChI is InChI=1S/C48H50N4O11S2/c1-29-45(64-28-50-29)33-5-3-31(4-6-33)25-49-47(58)40-23-37(55)26-52(40)48(59)30(2)51-42(56)27-62-20-19-60-17-18-61-21-22-63-38-14-9-32(10-15-38)44(57)43-39-16-13-36(54)24-41(39)65-46(43)34-7-11-35(53)12-8-34/h3-16,24,28,30,37,40,53-55H,17-23,25-27H2,1-2H3,(H,49,58)(H,51,56)/t30?,37-,40+/m1/s1. The lowest BCUT2D eigenvalue weighted by atomic mass is 9.97. The summed E-state index contributed by atoms with van der Waals surface area (Å²) < 4.78 is 23.1. The Balaban J connectivity index is 0.748. The fourth-order valence-electron chi connectivity index (χ4n) is 7.36. The summed E-state index contributed by atoms with van der Waals surface area (Å²) in [7, 11) is 0. The zero-order valence-corrected chi connectivity index (χ0v) is 37.5. The Kier molecular flexibility index (Phi) is 15.9. The van der Waals surface area contributed by atoms with Crippen LogP contribution in [0.15, 0.2) is 96.5 Å². The number of β-amino-alcohol motifs (C(OH)–C–C–N with tert-alkyl or cyclic N) is 1. The molecular formula is C48H50N4O11S2. The number of likely N-dealkylation sites (tertiary alicyclic amines) is 1. The lowest BCUT2D eigenvalue weighted by Gasteiger charge is -2.27. The molecule has 15 nitrogen and oxygen atoms in total. The first-order chi connectivity index (χ1) is 31.4. The fourth-order valence-corrected chi connectivity index (χ4v) is 9.41. The van der Waals surface area contributed by atoms with Crippen molar-refractivity contribution in [1.82, 2.24) is 20.5 Å². The number of thiophene rings is 1. The molecule has 3 amide bonds. The maximum absolute atomic E-state index is 13.8. The maximum Gasteiger partial charge on any atom is 0.246 e. The molecule has 1 aliphatic rings. The van der Waals surface area contributed by atoms with Crippen LogP contribution in [0.2, 0.25) is 0 Å². The fraction of sp³-hybridized carbons (Fsp3) is 0.312. The smallest absolute Gasteiger partial charge is 0.246 e. The van der Waals surface area contributed by atoms with Crippen LogP contribution in [0.1, 0.15) is 40.5 Å². The zero-order chi connectivity index (χ0) is 45.9. The monoisotopic (exact) mass is 922 g/mol. The van der Waals surface area contributed by atoms with Crippen LogP contribution in [0.3, 0.4) is 0 Å². The second-order valence-electron chi connectivity index (χ2n) is 15.4. The van der Waals surface area contributed by atoms with Crippen LogP contribution in [-0.2, 0) is 35.1 Å². The number of aliphatic hydroxyl groups excluding tert-OH is 1. The van der Waals surface area contributed by atoms with Gasteiger partial charge in [-0.15, -0.1) is 22.7 Å². The van der Waals surface area contributed by atoms with E-state index < -0.39 is 30.0 Å². The molecule has 4 aromatic carbocycles. The Morgan fingerprint density at radius 1 is 0.815 bits per heavy atom. The molecule has 5 N–H and O–H groups in total. The molecule has 0 aliphatic carbocycles. The predicted octanol–water partition coefficient (Wildman–Crippen LogP) is 5.85. The number of aryl methyl sites for hydroxylation is 1. The third kappa shape index (κ3) is 12.1. The van der Waals surface area contributed by atoms with Crippen LogP contribution < -0.4 is 15.4 Å². The Morgan fingerprint density at radius 2 is 1.46 bits per heavy atom. The van der Waals surface area contributed by atoms with Gasteiger partial charge in [0.15, 0.2) is 5.78 Å². The van der Waals surface area contributed by atoms with E-state index in [4.69, 9.17) is 18.9 Å². The minimum atomic E-state index is -0.947. The topological polar surface area (TPSA) is 206 Å². The van der Waals surface area contributed by atoms with Crippen molar-refractivity contribution in [3.8, 4) is 38.1 Å². The van der Waals surface area contributed by atoms with E-state index in [-0.39, 0.29) is 75.7 Å². The van der Waals surface area contributed by atoms with Gasteiger partial charge in [-0.1, -0.05) is 24.3 Å². The number of carbonyl (C=O) groups is 4. The largest absolute Gasteiger partial charge is 0.508 e. The number of thiazole rings is 1. The summed E-state index contributed by atoms with van der Waals surface area (Å²) in [4.78, 5) is 60.2. The molecule has 2 aromatic heterocycles. The summed E-state index contributed by atoms with van der Waals surface area (Å²) in [6.07, 6.45) is -0.768. The van der Waals surface area contributed by atoms with E-state index in [1.807, 2.05) is 31.2 Å². The number of benzene rings is 4. The third-order valence-electron chi connectivity index (χ3n) is 10.7. The highest BCUT2D eigenvalue weighted by Crippen LogP contribution is 2.41. The normalized spacial score (nSPS) is 15.2. The van der Waals surface area contributed by atoms with Gasteiger partial charge in [-0.25, -0.2) is 4.98 Å². The first-order valence-electron chi connectivity index (χ1n) is 21.1. The average molecular weight is 923 g/mol. The molecular weight excluding hydrogens is 873 g/mol. The van der Waals surface area contributed by atoms with E-state index in [1.54, 1.807) is 83.6 Å². The second-order valence-corrected chi connectivity index (χ2v) is 17.3. The van der Waals surface area contributed by atoms with E-state index >= 15 is 0 Å². The van der Waals surface area contributed by atoms with Gasteiger partial charge in [0.05, 0.1) is 55.2 Å². The lowest BCUT2D eigenvalue weighted by molar-refractivity contribution is -0.141. The van der Waals surface area contributed by atoms with Crippen molar-refractivity contribution in [3.63, 3.8) is 0 Å². The van der Waals surface area contributed by atoms with Gasteiger partial charge in [-0.2, -0.15) is 0 Å². The van der Waals surface area contributed by atoms with Crippen LogP contribution in [0.4, 0.5) is 0 Å². The molecule has 0 radical (unpaired) electrons. The minimum Gasteiger partial charge on any atom is -0.508 e. The zero-order valence-electron chi connectivity index (χ0n) is 35.9. The molecule has 0 spiro atoms. The predicted molar refractivity (Wildman–Crippen MR) is 246 cm³/mol. The lowest BCUT2D eigenvalue weighted by Crippen LogP contribution is -2.53. The van der Waals surface area contributed by atoms with Gasteiger partial charge in [0.2, 0.25) is 17.7 Å². The van der Waals surface area contributed by atoms with Gasteiger partial charge >= 0.3 is 0 Å². The first-order valence-corrected chi connectivity index (χ1v) is 22.8. The first kappa shape index (κ1) is 46.8. The molecule has 340 valence electrons. The Morgan fingerprint density at radius 3 is 2.15 bits per heavy atom. The van der Waals surface area contributed by atoms with Crippen LogP contribution >= 0.6 is 22.7 Å². The summed E-state index contributed by atoms with van der Waals surface area (Å²) in [5.74, 6) is -0.745. The summed E-state index contributed by atoms with van der Waals surface area (Å²) >= 11 is 2.96. The van der Waals surface area contributed by atoms with E-state index in [0.717, 1.165) is 42.2 Å². The summed E-state index contributed by atoms with van der Waals surface area (Å²) in [6, 6.07) is 24.4. The van der Waals surface area contributed by atoms with E-state index in [1.165, 1.54) is 23.2 Å².